The number of aromatic nitrogens is 1. The van der Waals surface area contributed by atoms with Crippen LogP contribution in [-0.2, 0) is 27.2 Å². The van der Waals surface area contributed by atoms with Gasteiger partial charge in [0.05, 0.1) is 17.7 Å². The number of aliphatic imine (C=N–C) groups is 1. The third-order valence-corrected chi connectivity index (χ3v) is 3.97. The van der Waals surface area contributed by atoms with Crippen molar-refractivity contribution in [1.29, 1.82) is 0 Å². The maximum Gasteiger partial charge on any atom is 0.374 e. The highest BCUT2D eigenvalue weighted by molar-refractivity contribution is 6.17. The van der Waals surface area contributed by atoms with Gasteiger partial charge in [-0.15, -0.1) is 0 Å². The summed E-state index contributed by atoms with van der Waals surface area (Å²) in [5, 5.41) is 9.91. The van der Waals surface area contributed by atoms with E-state index < -0.39 is 23.4 Å². The van der Waals surface area contributed by atoms with Gasteiger partial charge in [-0.3, -0.25) is 9.59 Å². The van der Waals surface area contributed by atoms with Crippen LogP contribution in [0.2, 0.25) is 0 Å². The fourth-order valence-corrected chi connectivity index (χ4v) is 2.66. The Morgan fingerprint density at radius 2 is 2.04 bits per heavy atom. The van der Waals surface area contributed by atoms with Gasteiger partial charge < -0.3 is 15.6 Å². The number of aliphatic hydroxyl groups excluding tert-OH is 1. The van der Waals surface area contributed by atoms with E-state index in [9.17, 15) is 19.5 Å². The van der Waals surface area contributed by atoms with E-state index in [0.29, 0.717) is 0 Å². The Balaban J connectivity index is 2.47. The summed E-state index contributed by atoms with van der Waals surface area (Å²) in [4.78, 5) is 43.5. The van der Waals surface area contributed by atoms with Crippen molar-refractivity contribution < 1.29 is 24.2 Å². The summed E-state index contributed by atoms with van der Waals surface area (Å²) in [6, 6.07) is 1.67. The average molecular weight is 359 g/mol. The number of aliphatic hydroxyl groups is 1. The van der Waals surface area contributed by atoms with Gasteiger partial charge in [0.15, 0.2) is 11.6 Å². The number of aryl methyl sites for hydroxylation is 2. The third kappa shape index (κ3) is 4.33. The number of ketones is 1. The molecule has 0 saturated carbocycles. The Labute approximate surface area is 150 Å². The summed E-state index contributed by atoms with van der Waals surface area (Å²) < 4.78 is 4.67. The first-order valence-corrected chi connectivity index (χ1v) is 8.33. The first-order valence-electron chi connectivity index (χ1n) is 8.33. The van der Waals surface area contributed by atoms with Crippen molar-refractivity contribution in [2.75, 3.05) is 6.61 Å². The van der Waals surface area contributed by atoms with Gasteiger partial charge in [0.2, 0.25) is 5.76 Å². The van der Waals surface area contributed by atoms with Crippen molar-refractivity contribution >= 4 is 29.7 Å². The summed E-state index contributed by atoms with van der Waals surface area (Å²) in [5.41, 5.74) is 6.99. The molecule has 0 bridgehead atoms. The maximum atomic E-state index is 11.7. The van der Waals surface area contributed by atoms with E-state index >= 15 is 0 Å². The Hall–Kier alpha value is -3.03. The molecule has 0 aromatic carbocycles. The lowest BCUT2D eigenvalue weighted by atomic mass is 9.94. The first-order chi connectivity index (χ1) is 12.3. The van der Waals surface area contributed by atoms with Crippen LogP contribution in [-0.4, -0.2) is 40.6 Å². The van der Waals surface area contributed by atoms with Crippen molar-refractivity contribution in [3.05, 3.63) is 34.2 Å². The lowest BCUT2D eigenvalue weighted by Gasteiger charge is -2.16. The minimum atomic E-state index is -1.03. The fourth-order valence-electron chi connectivity index (χ4n) is 2.66. The van der Waals surface area contributed by atoms with E-state index in [1.54, 1.807) is 13.0 Å². The average Bonchev–Trinajstić information content (AvgIpc) is 2.60. The molecule has 0 saturated heterocycles. The SMILES string of the molecule is CCOC(=O)/C(O)=C(\C=N\c1nc2c(cc1C(N)=O)CCCC2)C(C)=O. The van der Waals surface area contributed by atoms with Gasteiger partial charge in [0, 0.05) is 11.9 Å². The van der Waals surface area contributed by atoms with Crippen LogP contribution in [0.1, 0.15) is 48.3 Å². The van der Waals surface area contributed by atoms with Crippen molar-refractivity contribution in [2.24, 2.45) is 10.7 Å². The minimum Gasteiger partial charge on any atom is -0.501 e. The zero-order chi connectivity index (χ0) is 19.3. The lowest BCUT2D eigenvalue weighted by Crippen LogP contribution is -2.16. The van der Waals surface area contributed by atoms with Crippen molar-refractivity contribution in [1.82, 2.24) is 4.98 Å². The molecule has 1 aromatic heterocycles. The molecule has 1 aromatic rings. The molecular weight excluding hydrogens is 338 g/mol. The number of nitrogens with two attached hydrogens (primary N) is 1. The topological polar surface area (TPSA) is 132 Å². The maximum absolute atomic E-state index is 11.7. The Morgan fingerprint density at radius 3 is 2.65 bits per heavy atom. The molecule has 0 unspecified atom stereocenters. The molecule has 0 radical (unpaired) electrons. The van der Waals surface area contributed by atoms with Gasteiger partial charge in [-0.1, -0.05) is 0 Å². The van der Waals surface area contributed by atoms with Gasteiger partial charge in [0.1, 0.15) is 0 Å². The largest absolute Gasteiger partial charge is 0.501 e. The molecule has 0 aliphatic heterocycles. The number of nitrogens with zero attached hydrogens (tertiary/aromatic N) is 2. The zero-order valence-corrected chi connectivity index (χ0v) is 14.7. The second-order valence-corrected chi connectivity index (χ2v) is 5.83. The highest BCUT2D eigenvalue weighted by atomic mass is 16.5. The zero-order valence-electron chi connectivity index (χ0n) is 14.7. The van der Waals surface area contributed by atoms with Crippen LogP contribution in [0.15, 0.2) is 22.4 Å². The normalized spacial score (nSPS) is 14.5. The second-order valence-electron chi connectivity index (χ2n) is 5.83. The van der Waals surface area contributed by atoms with Crippen LogP contribution in [0, 0.1) is 0 Å². The van der Waals surface area contributed by atoms with Crippen LogP contribution in [0.5, 0.6) is 0 Å². The van der Waals surface area contributed by atoms with E-state index in [0.717, 1.165) is 43.2 Å². The number of pyridine rings is 1. The summed E-state index contributed by atoms with van der Waals surface area (Å²) in [6.45, 7) is 2.79. The van der Waals surface area contributed by atoms with Crippen molar-refractivity contribution in [3.8, 4) is 0 Å². The number of hydrogen-bond acceptors (Lipinski definition) is 7. The highest BCUT2D eigenvalue weighted by Gasteiger charge is 2.20. The number of carbonyl (C=O) groups excluding carboxylic acids is 3. The quantitative estimate of drug-likeness (QED) is 0.344. The molecule has 2 rings (SSSR count). The van der Waals surface area contributed by atoms with Crippen LogP contribution in [0.25, 0.3) is 0 Å². The molecule has 0 fully saturated rings. The van der Waals surface area contributed by atoms with Crippen LogP contribution in [0.3, 0.4) is 0 Å². The molecule has 26 heavy (non-hydrogen) atoms. The first kappa shape index (κ1) is 19.3. The van der Waals surface area contributed by atoms with Crippen molar-refractivity contribution in [2.45, 2.75) is 39.5 Å². The smallest absolute Gasteiger partial charge is 0.374 e. The summed E-state index contributed by atoms with van der Waals surface area (Å²) in [6.07, 6.45) is 4.58. The predicted octanol–water partition coefficient (Wildman–Crippen LogP) is 1.73. The number of primary amides is 1. The molecular formula is C18H21N3O5. The molecule has 138 valence electrons. The molecule has 1 aliphatic carbocycles. The Morgan fingerprint density at radius 1 is 1.35 bits per heavy atom. The number of Topliss-reactive ketones (excluding diaryl/α,β-unsaturated/α-hetero) is 1. The second kappa shape index (κ2) is 8.37. The van der Waals surface area contributed by atoms with E-state index in [4.69, 9.17) is 5.73 Å². The van der Waals surface area contributed by atoms with Gasteiger partial charge in [-0.25, -0.2) is 14.8 Å². The number of rotatable bonds is 6. The molecule has 0 atom stereocenters. The number of allylic oxidation sites excluding steroid dienone is 1. The van der Waals surface area contributed by atoms with Gasteiger partial charge in [-0.2, -0.15) is 0 Å². The van der Waals surface area contributed by atoms with E-state index in [1.807, 2.05) is 0 Å². The Bertz CT molecular complexity index is 811. The van der Waals surface area contributed by atoms with E-state index in [-0.39, 0.29) is 23.6 Å². The summed E-state index contributed by atoms with van der Waals surface area (Å²) in [5.74, 6) is -3.10. The molecule has 8 nitrogen and oxygen atoms in total. The molecule has 0 spiro atoms. The molecule has 8 heteroatoms. The lowest BCUT2D eigenvalue weighted by molar-refractivity contribution is -0.141. The number of hydrogen-bond donors (Lipinski definition) is 2. The number of carbonyl (C=O) groups is 3. The third-order valence-electron chi connectivity index (χ3n) is 3.97. The van der Waals surface area contributed by atoms with Crippen molar-refractivity contribution in [3.63, 3.8) is 0 Å². The van der Waals surface area contributed by atoms with Gasteiger partial charge in [-0.05, 0) is 51.2 Å². The number of amides is 1. The summed E-state index contributed by atoms with van der Waals surface area (Å²) >= 11 is 0. The van der Waals surface area contributed by atoms with Crippen LogP contribution >= 0.6 is 0 Å². The molecule has 1 aliphatic rings. The molecule has 1 heterocycles. The minimum absolute atomic E-state index is 0.0451. The number of ether oxygens (including phenoxy) is 1. The molecule has 1 amide bonds. The highest BCUT2D eigenvalue weighted by Crippen LogP contribution is 2.26. The Kier molecular flexibility index (Phi) is 6.21. The van der Waals surface area contributed by atoms with Crippen LogP contribution in [0.4, 0.5) is 5.82 Å². The van der Waals surface area contributed by atoms with E-state index in [2.05, 4.69) is 14.7 Å². The standard InChI is InChI=1S/C18H21N3O5/c1-3-26-18(25)15(23)13(10(2)22)9-20-17-12(16(19)24)8-11-6-4-5-7-14(11)21-17/h8-9,23H,3-7H2,1-2H3,(H2,19,24)/b15-13-,20-9+. The van der Waals surface area contributed by atoms with Gasteiger partial charge in [0.25, 0.3) is 5.91 Å². The van der Waals surface area contributed by atoms with Crippen LogP contribution < -0.4 is 5.73 Å². The number of fused-ring (bicyclic) bond motifs is 1. The monoisotopic (exact) mass is 359 g/mol. The summed E-state index contributed by atoms with van der Waals surface area (Å²) in [7, 11) is 0. The number of esters is 1. The van der Waals surface area contributed by atoms with Gasteiger partial charge >= 0.3 is 5.97 Å². The van der Waals surface area contributed by atoms with E-state index in [1.165, 1.54) is 6.92 Å². The molecule has 3 N–H and O–H groups in total. The fraction of sp³-hybridized carbons (Fsp3) is 0.389. The predicted molar refractivity (Wildman–Crippen MR) is 94.5 cm³/mol.